The summed E-state index contributed by atoms with van der Waals surface area (Å²) in [6, 6.07) is 0. The Kier molecular flexibility index (Phi) is 3.88. The van der Waals surface area contributed by atoms with E-state index in [1.165, 1.54) is 19.9 Å². The maximum atomic E-state index is 10.9. The number of carboxylic acid groups (broad SMARTS) is 1. The number of likely N-dealkylation sites (N-methyl/N-ethyl adjacent to an activating group) is 1. The van der Waals surface area contributed by atoms with Crippen LogP contribution in [0.1, 0.15) is 12.8 Å². The highest BCUT2D eigenvalue weighted by Gasteiger charge is 2.21. The van der Waals surface area contributed by atoms with E-state index in [0.29, 0.717) is 19.1 Å². The molecule has 1 N–H and O–H groups in total. The van der Waals surface area contributed by atoms with E-state index in [1.807, 2.05) is 0 Å². The summed E-state index contributed by atoms with van der Waals surface area (Å²) in [5, 5.41) is 8.38. The zero-order chi connectivity index (χ0) is 10.6. The van der Waals surface area contributed by atoms with Crippen molar-refractivity contribution >= 4 is 11.9 Å². The molecule has 14 heavy (non-hydrogen) atoms. The maximum Gasteiger partial charge on any atom is 0.394 e. The average molecular weight is 201 g/mol. The molecule has 0 aromatic heterocycles. The summed E-state index contributed by atoms with van der Waals surface area (Å²) in [7, 11) is 1.46. The Hall–Kier alpha value is -1.10. The van der Waals surface area contributed by atoms with Crippen LogP contribution in [0.5, 0.6) is 0 Å². The summed E-state index contributed by atoms with van der Waals surface area (Å²) in [6.07, 6.45) is 2.45. The zero-order valence-electron chi connectivity index (χ0n) is 8.23. The van der Waals surface area contributed by atoms with Crippen molar-refractivity contribution in [2.24, 2.45) is 5.92 Å². The third kappa shape index (κ3) is 3.74. The molecule has 5 heteroatoms. The lowest BCUT2D eigenvalue weighted by Crippen LogP contribution is -2.35. The van der Waals surface area contributed by atoms with Gasteiger partial charge in [-0.2, -0.15) is 0 Å². The largest absolute Gasteiger partial charge is 0.474 e. The van der Waals surface area contributed by atoms with Crippen LogP contribution in [-0.2, 0) is 14.3 Å². The third-order valence-corrected chi connectivity index (χ3v) is 2.15. The monoisotopic (exact) mass is 201 g/mol. The third-order valence-electron chi connectivity index (χ3n) is 2.15. The zero-order valence-corrected chi connectivity index (χ0v) is 8.23. The number of nitrogens with zero attached hydrogens (tertiary/aromatic N) is 1. The highest BCUT2D eigenvalue weighted by molar-refractivity contribution is 6.31. The molecule has 1 rings (SSSR count). The summed E-state index contributed by atoms with van der Waals surface area (Å²) < 4.78 is 5.27. The van der Waals surface area contributed by atoms with E-state index in [-0.39, 0.29) is 0 Å². The van der Waals surface area contributed by atoms with Crippen LogP contribution in [0.3, 0.4) is 0 Å². The van der Waals surface area contributed by atoms with Crippen molar-refractivity contribution in [1.29, 1.82) is 0 Å². The molecule has 0 bridgehead atoms. The number of carboxylic acids is 1. The van der Waals surface area contributed by atoms with Gasteiger partial charge in [0.25, 0.3) is 0 Å². The first-order chi connectivity index (χ1) is 6.61. The molecule has 0 spiro atoms. The van der Waals surface area contributed by atoms with Crippen LogP contribution in [0.4, 0.5) is 0 Å². The topological polar surface area (TPSA) is 66.8 Å². The molecule has 0 saturated heterocycles. The number of carbonyl (C=O) groups is 2. The second kappa shape index (κ2) is 4.95. The summed E-state index contributed by atoms with van der Waals surface area (Å²) in [4.78, 5) is 22.3. The van der Waals surface area contributed by atoms with Crippen LogP contribution in [0.25, 0.3) is 0 Å². The highest BCUT2D eigenvalue weighted by Crippen LogP contribution is 2.28. The second-order valence-electron chi connectivity index (χ2n) is 3.55. The first-order valence-corrected chi connectivity index (χ1v) is 4.67. The van der Waals surface area contributed by atoms with E-state index in [4.69, 9.17) is 9.84 Å². The number of hydrogen-bond acceptors (Lipinski definition) is 3. The van der Waals surface area contributed by atoms with Crippen LogP contribution in [0, 0.1) is 5.92 Å². The summed E-state index contributed by atoms with van der Waals surface area (Å²) in [5.41, 5.74) is 0. The van der Waals surface area contributed by atoms with Gasteiger partial charge in [-0.05, 0) is 18.8 Å². The fourth-order valence-electron chi connectivity index (χ4n) is 1.00. The molecule has 1 aliphatic rings. The van der Waals surface area contributed by atoms with E-state index in [2.05, 4.69) is 0 Å². The van der Waals surface area contributed by atoms with Gasteiger partial charge in [-0.25, -0.2) is 4.79 Å². The maximum absolute atomic E-state index is 10.9. The van der Waals surface area contributed by atoms with E-state index in [9.17, 15) is 9.59 Å². The normalized spacial score (nSPS) is 15.2. The summed E-state index contributed by atoms with van der Waals surface area (Å²) in [6.45, 7) is 1.47. The smallest absolute Gasteiger partial charge is 0.394 e. The predicted molar refractivity (Wildman–Crippen MR) is 48.8 cm³/mol. The van der Waals surface area contributed by atoms with Gasteiger partial charge in [-0.3, -0.25) is 4.79 Å². The van der Waals surface area contributed by atoms with Crippen molar-refractivity contribution < 1.29 is 19.4 Å². The molecule has 80 valence electrons. The lowest BCUT2D eigenvalue weighted by molar-refractivity contribution is -0.155. The molecule has 0 heterocycles. The number of hydrogen-bond donors (Lipinski definition) is 1. The lowest BCUT2D eigenvalue weighted by Gasteiger charge is -2.14. The minimum Gasteiger partial charge on any atom is -0.474 e. The molecular weight excluding hydrogens is 186 g/mol. The van der Waals surface area contributed by atoms with E-state index in [0.717, 1.165) is 11.5 Å². The Morgan fingerprint density at radius 3 is 2.64 bits per heavy atom. The molecule has 1 fully saturated rings. The van der Waals surface area contributed by atoms with Crippen molar-refractivity contribution in [2.45, 2.75) is 12.8 Å². The van der Waals surface area contributed by atoms with Gasteiger partial charge in [0.2, 0.25) is 0 Å². The van der Waals surface area contributed by atoms with Gasteiger partial charge in [-0.15, -0.1) is 0 Å². The van der Waals surface area contributed by atoms with Crippen molar-refractivity contribution in [1.82, 2.24) is 4.90 Å². The fourth-order valence-corrected chi connectivity index (χ4v) is 1.00. The molecule has 0 aromatic rings. The number of amides is 1. The van der Waals surface area contributed by atoms with Crippen LogP contribution < -0.4 is 0 Å². The first kappa shape index (κ1) is 11.0. The predicted octanol–water partition coefficient (Wildman–Crippen LogP) is -0.0440. The number of aliphatic carboxylic acids is 1. The van der Waals surface area contributed by atoms with Gasteiger partial charge in [0.1, 0.15) is 0 Å². The molecule has 1 saturated carbocycles. The van der Waals surface area contributed by atoms with Gasteiger partial charge >= 0.3 is 11.9 Å². The molecule has 1 aliphatic carbocycles. The molecule has 0 unspecified atom stereocenters. The van der Waals surface area contributed by atoms with Gasteiger partial charge in [-0.1, -0.05) is 0 Å². The number of ether oxygens (including phenoxy) is 1. The van der Waals surface area contributed by atoms with Gasteiger partial charge < -0.3 is 14.7 Å². The standard InChI is InChI=1S/C9H15NO4/c1-10(8(11)9(12)13)4-5-14-6-7-2-3-7/h7H,2-6H2,1H3,(H,12,13). The van der Waals surface area contributed by atoms with E-state index < -0.39 is 11.9 Å². The Morgan fingerprint density at radius 2 is 2.14 bits per heavy atom. The Balaban J connectivity index is 2.04. The first-order valence-electron chi connectivity index (χ1n) is 4.67. The number of rotatable bonds is 5. The molecule has 1 amide bonds. The van der Waals surface area contributed by atoms with E-state index >= 15 is 0 Å². The lowest BCUT2D eigenvalue weighted by atomic mass is 10.4. The minimum atomic E-state index is -1.42. The van der Waals surface area contributed by atoms with Crippen LogP contribution in [0.15, 0.2) is 0 Å². The van der Waals surface area contributed by atoms with Crippen LogP contribution >= 0.6 is 0 Å². The molecule has 5 nitrogen and oxygen atoms in total. The Bertz CT molecular complexity index is 225. The van der Waals surface area contributed by atoms with Crippen molar-refractivity contribution in [3.63, 3.8) is 0 Å². The van der Waals surface area contributed by atoms with Gasteiger partial charge in [0.15, 0.2) is 0 Å². The average Bonchev–Trinajstić information content (AvgIpc) is 2.94. The molecule has 0 atom stereocenters. The van der Waals surface area contributed by atoms with Gasteiger partial charge in [0.05, 0.1) is 6.61 Å². The van der Waals surface area contributed by atoms with Crippen LogP contribution in [0.2, 0.25) is 0 Å². The van der Waals surface area contributed by atoms with Gasteiger partial charge in [0, 0.05) is 20.2 Å². The van der Waals surface area contributed by atoms with Crippen molar-refractivity contribution in [2.75, 3.05) is 26.8 Å². The van der Waals surface area contributed by atoms with Crippen molar-refractivity contribution in [3.8, 4) is 0 Å². The highest BCUT2D eigenvalue weighted by atomic mass is 16.5. The molecule has 0 radical (unpaired) electrons. The quantitative estimate of drug-likeness (QED) is 0.500. The summed E-state index contributed by atoms with van der Waals surface area (Å²) in [5.74, 6) is -1.62. The Labute approximate surface area is 82.6 Å². The van der Waals surface area contributed by atoms with Crippen LogP contribution in [-0.4, -0.2) is 48.7 Å². The second-order valence-corrected chi connectivity index (χ2v) is 3.55. The number of carbonyl (C=O) groups excluding carboxylic acids is 1. The minimum absolute atomic E-state index is 0.331. The summed E-state index contributed by atoms with van der Waals surface area (Å²) >= 11 is 0. The Morgan fingerprint density at radius 1 is 1.50 bits per heavy atom. The molecule has 0 aromatic carbocycles. The van der Waals surface area contributed by atoms with E-state index in [1.54, 1.807) is 0 Å². The SMILES string of the molecule is CN(CCOCC1CC1)C(=O)C(=O)O. The van der Waals surface area contributed by atoms with Crippen molar-refractivity contribution in [3.05, 3.63) is 0 Å². The fraction of sp³-hybridized carbons (Fsp3) is 0.778. The molecular formula is C9H15NO4. The molecule has 0 aliphatic heterocycles.